The lowest BCUT2D eigenvalue weighted by Gasteiger charge is -2.29. The highest BCUT2D eigenvalue weighted by atomic mass is 16.3. The molecule has 0 atom stereocenters. The second kappa shape index (κ2) is 13.4. The van der Waals surface area contributed by atoms with Gasteiger partial charge in [0.1, 0.15) is 11.2 Å². The van der Waals surface area contributed by atoms with Gasteiger partial charge in [0.15, 0.2) is 0 Å². The molecule has 2 aromatic heterocycles. The number of para-hydroxylation sites is 6. The summed E-state index contributed by atoms with van der Waals surface area (Å²) in [5.74, 6) is 0. The smallest absolute Gasteiger partial charge is 0.143 e. The molecule has 0 amide bonds. The van der Waals surface area contributed by atoms with Crippen LogP contribution in [0.4, 0.5) is 17.1 Å². The van der Waals surface area contributed by atoms with Crippen LogP contribution in [0.5, 0.6) is 0 Å². The quantitative estimate of drug-likeness (QED) is 0.158. The molecule has 0 spiro atoms. The minimum atomic E-state index is 0.890. The molecule has 59 heavy (non-hydrogen) atoms. The van der Waals surface area contributed by atoms with Crippen molar-refractivity contribution in [3.8, 4) is 27.9 Å². The highest BCUT2D eigenvalue weighted by Gasteiger charge is 2.23. The maximum absolute atomic E-state index is 6.65. The molecule has 0 aliphatic carbocycles. The molecular formula is C56H36N2O. The first-order valence-electron chi connectivity index (χ1n) is 20.2. The lowest BCUT2D eigenvalue weighted by Crippen LogP contribution is -2.12. The minimum absolute atomic E-state index is 0.890. The molecule has 0 aliphatic rings. The number of nitrogens with zero attached hydrogens (tertiary/aromatic N) is 2. The molecule has 0 aliphatic heterocycles. The number of rotatable bonds is 6. The second-order valence-corrected chi connectivity index (χ2v) is 15.2. The zero-order chi connectivity index (χ0) is 38.9. The fourth-order valence-corrected chi connectivity index (χ4v) is 9.37. The van der Waals surface area contributed by atoms with Crippen LogP contribution in [0.15, 0.2) is 223 Å². The molecule has 0 saturated heterocycles. The summed E-state index contributed by atoms with van der Waals surface area (Å²) in [6, 6.07) is 78.7. The Hall–Kier alpha value is -7.88. The minimum Gasteiger partial charge on any atom is -0.455 e. The molecule has 0 unspecified atom stereocenters. The van der Waals surface area contributed by atoms with Crippen LogP contribution in [0.2, 0.25) is 0 Å². The molecule has 10 aromatic carbocycles. The van der Waals surface area contributed by atoms with Crippen LogP contribution < -0.4 is 4.90 Å². The summed E-state index contributed by atoms with van der Waals surface area (Å²) in [5.41, 5.74) is 13.0. The highest BCUT2D eigenvalue weighted by molar-refractivity contribution is 6.16. The van der Waals surface area contributed by atoms with Gasteiger partial charge in [-0.05, 0) is 70.3 Å². The third kappa shape index (κ3) is 5.22. The van der Waals surface area contributed by atoms with Crippen LogP contribution in [0.25, 0.3) is 93.2 Å². The van der Waals surface area contributed by atoms with Gasteiger partial charge < -0.3 is 13.9 Å². The fraction of sp³-hybridized carbons (Fsp3) is 0. The van der Waals surface area contributed by atoms with E-state index in [1.165, 1.54) is 48.9 Å². The fourth-order valence-electron chi connectivity index (χ4n) is 9.37. The Labute approximate surface area is 341 Å². The number of fused-ring (bicyclic) bond motifs is 9. The number of hydrogen-bond donors (Lipinski definition) is 0. The van der Waals surface area contributed by atoms with Gasteiger partial charge in [0.2, 0.25) is 0 Å². The number of hydrogen-bond acceptors (Lipinski definition) is 2. The standard InChI is InChI=1S/C56H36N2O/c1-2-18-42-37(15-1)31-32-39-16-13-29-53(55(39)42)57(50-26-9-6-21-45(50)47-23-14-24-48-46-22-7-12-30-54(46)59-56(47)48)40-35-33-38(34-36-40)41-17-3-8-25-49(41)58-51-27-10-4-19-43(51)44-20-5-11-28-52(44)58/h1-36H. The zero-order valence-corrected chi connectivity index (χ0v) is 32.1. The summed E-state index contributed by atoms with van der Waals surface area (Å²) in [5, 5.41) is 9.58. The van der Waals surface area contributed by atoms with E-state index < -0.39 is 0 Å². The molecule has 2 heterocycles. The lowest BCUT2D eigenvalue weighted by atomic mass is 9.96. The van der Waals surface area contributed by atoms with Crippen LogP contribution in [-0.2, 0) is 0 Å². The van der Waals surface area contributed by atoms with Crippen molar-refractivity contribution in [2.24, 2.45) is 0 Å². The Morgan fingerprint density at radius 1 is 0.356 bits per heavy atom. The molecular weight excluding hydrogens is 717 g/mol. The van der Waals surface area contributed by atoms with Gasteiger partial charge in [0, 0.05) is 49.3 Å². The third-order valence-corrected chi connectivity index (χ3v) is 12.0. The van der Waals surface area contributed by atoms with Gasteiger partial charge in [-0.1, -0.05) is 170 Å². The molecule has 3 heteroatoms. The summed E-state index contributed by atoms with van der Waals surface area (Å²) >= 11 is 0. The molecule has 276 valence electrons. The number of furan rings is 1. The maximum Gasteiger partial charge on any atom is 0.143 e. The van der Waals surface area contributed by atoms with Crippen LogP contribution in [0, 0.1) is 0 Å². The van der Waals surface area contributed by atoms with Crippen molar-refractivity contribution >= 4 is 82.4 Å². The van der Waals surface area contributed by atoms with Gasteiger partial charge in [-0.2, -0.15) is 0 Å². The Morgan fingerprint density at radius 2 is 0.915 bits per heavy atom. The van der Waals surface area contributed by atoms with Crippen molar-refractivity contribution in [3.05, 3.63) is 218 Å². The van der Waals surface area contributed by atoms with Gasteiger partial charge in [0.05, 0.1) is 28.1 Å². The molecule has 0 N–H and O–H groups in total. The SMILES string of the molecule is c1ccc(N(c2ccc(-c3ccccc3-n3c4ccccc4c4ccccc43)cc2)c2cccc3ccc4ccccc4c23)c(-c2cccc3c2oc2ccccc23)c1. The summed E-state index contributed by atoms with van der Waals surface area (Å²) in [6.45, 7) is 0. The normalized spacial score (nSPS) is 11.7. The van der Waals surface area contributed by atoms with Gasteiger partial charge >= 0.3 is 0 Å². The number of anilines is 3. The van der Waals surface area contributed by atoms with E-state index in [2.05, 4.69) is 222 Å². The molecule has 12 aromatic rings. The average Bonchev–Trinajstić information content (AvgIpc) is 3.86. The predicted molar refractivity (Wildman–Crippen MR) is 249 cm³/mol. The Bertz CT molecular complexity index is 3520. The van der Waals surface area contributed by atoms with Gasteiger partial charge in [-0.15, -0.1) is 0 Å². The Morgan fingerprint density at radius 3 is 1.73 bits per heavy atom. The molecule has 0 bridgehead atoms. The van der Waals surface area contributed by atoms with E-state index in [-0.39, 0.29) is 0 Å². The Balaban J connectivity index is 1.08. The first-order valence-corrected chi connectivity index (χ1v) is 20.2. The predicted octanol–water partition coefficient (Wildman–Crippen LogP) is 15.8. The van der Waals surface area contributed by atoms with Crippen molar-refractivity contribution in [3.63, 3.8) is 0 Å². The highest BCUT2D eigenvalue weighted by Crippen LogP contribution is 2.47. The van der Waals surface area contributed by atoms with Gasteiger partial charge in [0.25, 0.3) is 0 Å². The van der Waals surface area contributed by atoms with Crippen molar-refractivity contribution < 1.29 is 4.42 Å². The van der Waals surface area contributed by atoms with E-state index in [0.29, 0.717) is 0 Å². The number of aromatic nitrogens is 1. The number of benzene rings is 10. The van der Waals surface area contributed by atoms with E-state index >= 15 is 0 Å². The summed E-state index contributed by atoms with van der Waals surface area (Å²) in [7, 11) is 0. The molecule has 0 radical (unpaired) electrons. The zero-order valence-electron chi connectivity index (χ0n) is 32.1. The van der Waals surface area contributed by atoms with E-state index in [9.17, 15) is 0 Å². The van der Waals surface area contributed by atoms with E-state index in [1.807, 2.05) is 6.07 Å². The molecule has 0 saturated carbocycles. The summed E-state index contributed by atoms with van der Waals surface area (Å²) < 4.78 is 9.06. The lowest BCUT2D eigenvalue weighted by molar-refractivity contribution is 0.670. The monoisotopic (exact) mass is 752 g/mol. The van der Waals surface area contributed by atoms with Crippen molar-refractivity contribution in [2.45, 2.75) is 0 Å². The van der Waals surface area contributed by atoms with Crippen molar-refractivity contribution in [2.75, 3.05) is 4.90 Å². The van der Waals surface area contributed by atoms with Crippen LogP contribution in [-0.4, -0.2) is 4.57 Å². The first-order chi connectivity index (χ1) is 29.3. The van der Waals surface area contributed by atoms with E-state index in [1.54, 1.807) is 0 Å². The van der Waals surface area contributed by atoms with Crippen LogP contribution in [0.3, 0.4) is 0 Å². The third-order valence-electron chi connectivity index (χ3n) is 12.0. The van der Waals surface area contributed by atoms with Gasteiger partial charge in [-0.3, -0.25) is 0 Å². The Kier molecular flexibility index (Phi) is 7.54. The first kappa shape index (κ1) is 33.3. The van der Waals surface area contributed by atoms with E-state index in [0.717, 1.165) is 61.4 Å². The van der Waals surface area contributed by atoms with Gasteiger partial charge in [-0.25, -0.2) is 0 Å². The molecule has 12 rings (SSSR count). The largest absolute Gasteiger partial charge is 0.455 e. The van der Waals surface area contributed by atoms with E-state index in [4.69, 9.17) is 4.42 Å². The summed E-state index contributed by atoms with van der Waals surface area (Å²) in [4.78, 5) is 2.44. The second-order valence-electron chi connectivity index (χ2n) is 15.2. The summed E-state index contributed by atoms with van der Waals surface area (Å²) in [6.07, 6.45) is 0. The average molecular weight is 753 g/mol. The maximum atomic E-state index is 6.65. The van der Waals surface area contributed by atoms with Crippen LogP contribution in [0.1, 0.15) is 0 Å². The van der Waals surface area contributed by atoms with Crippen LogP contribution >= 0.6 is 0 Å². The van der Waals surface area contributed by atoms with Crippen molar-refractivity contribution in [1.82, 2.24) is 4.57 Å². The topological polar surface area (TPSA) is 21.3 Å². The van der Waals surface area contributed by atoms with Crippen molar-refractivity contribution in [1.29, 1.82) is 0 Å². The molecule has 3 nitrogen and oxygen atoms in total. The molecule has 0 fully saturated rings.